The lowest BCUT2D eigenvalue weighted by atomic mass is 9.96. The van der Waals surface area contributed by atoms with E-state index in [0.29, 0.717) is 42.2 Å². The van der Waals surface area contributed by atoms with E-state index in [9.17, 15) is 4.79 Å². The molecule has 0 atom stereocenters. The van der Waals surface area contributed by atoms with Gasteiger partial charge in [0.15, 0.2) is 0 Å². The van der Waals surface area contributed by atoms with E-state index in [-0.39, 0.29) is 11.8 Å². The highest BCUT2D eigenvalue weighted by molar-refractivity contribution is 6.32. The van der Waals surface area contributed by atoms with Crippen LogP contribution in [0, 0.1) is 12.8 Å². The number of carbonyl (C=O) groups is 1. The van der Waals surface area contributed by atoms with E-state index in [0.717, 1.165) is 37.1 Å². The van der Waals surface area contributed by atoms with E-state index >= 15 is 0 Å². The van der Waals surface area contributed by atoms with Gasteiger partial charge in [-0.05, 0) is 51.1 Å². The normalized spacial score (nSPS) is 14.9. The van der Waals surface area contributed by atoms with Crippen molar-refractivity contribution in [3.05, 3.63) is 65.0 Å². The number of amides is 1. The van der Waals surface area contributed by atoms with Gasteiger partial charge in [-0.3, -0.25) is 9.69 Å². The highest BCUT2D eigenvalue weighted by atomic mass is 35.5. The number of benzene rings is 2. The van der Waals surface area contributed by atoms with Gasteiger partial charge in [-0.1, -0.05) is 52.7 Å². The first kappa shape index (κ1) is 22.3. The lowest BCUT2D eigenvalue weighted by molar-refractivity contribution is -0.126. The maximum Gasteiger partial charge on any atom is 0.241 e. The van der Waals surface area contributed by atoms with Crippen molar-refractivity contribution in [1.29, 1.82) is 0 Å². The molecular formula is C24H27ClN4O3. The van der Waals surface area contributed by atoms with Crippen LogP contribution in [0.25, 0.3) is 11.4 Å². The van der Waals surface area contributed by atoms with E-state index in [1.165, 1.54) is 0 Å². The number of ether oxygens (including phenoxy) is 1. The molecule has 0 aliphatic carbocycles. The van der Waals surface area contributed by atoms with Crippen LogP contribution in [-0.2, 0) is 11.3 Å². The second kappa shape index (κ2) is 10.6. The SMILES string of the molecule is Cc1cccc(-c2noc(CN3CCC(C(=O)NCCOc4ccccc4Cl)CC3)n2)c1. The summed E-state index contributed by atoms with van der Waals surface area (Å²) in [5.41, 5.74) is 2.11. The zero-order valence-electron chi connectivity index (χ0n) is 18.1. The van der Waals surface area contributed by atoms with Gasteiger partial charge in [-0.15, -0.1) is 0 Å². The molecule has 2 heterocycles. The van der Waals surface area contributed by atoms with Gasteiger partial charge in [0.25, 0.3) is 0 Å². The molecule has 0 radical (unpaired) electrons. The number of halogens is 1. The Morgan fingerprint density at radius 2 is 2.03 bits per heavy atom. The molecule has 3 aromatic rings. The smallest absolute Gasteiger partial charge is 0.241 e. The maximum atomic E-state index is 12.5. The molecule has 1 fully saturated rings. The standard InChI is InChI=1S/C24H27ClN4O3/c1-17-5-4-6-19(15-17)23-27-22(32-28-23)16-29-12-9-18(10-13-29)24(30)26-11-14-31-21-8-3-2-7-20(21)25/h2-8,15,18H,9-14,16H2,1H3,(H,26,30). The zero-order valence-corrected chi connectivity index (χ0v) is 18.8. The van der Waals surface area contributed by atoms with E-state index in [4.69, 9.17) is 20.9 Å². The minimum atomic E-state index is 0.0112. The minimum Gasteiger partial charge on any atom is -0.490 e. The monoisotopic (exact) mass is 454 g/mol. The number of nitrogens with one attached hydrogen (secondary N) is 1. The first-order valence-corrected chi connectivity index (χ1v) is 11.2. The Morgan fingerprint density at radius 1 is 1.22 bits per heavy atom. The maximum absolute atomic E-state index is 12.5. The van der Waals surface area contributed by atoms with Crippen molar-refractivity contribution in [3.8, 4) is 17.1 Å². The molecule has 7 nitrogen and oxygen atoms in total. The third-order valence-electron chi connectivity index (χ3n) is 5.56. The summed E-state index contributed by atoms with van der Waals surface area (Å²) in [5.74, 6) is 1.92. The van der Waals surface area contributed by atoms with Crippen LogP contribution in [-0.4, -0.2) is 47.2 Å². The fourth-order valence-electron chi connectivity index (χ4n) is 3.81. The van der Waals surface area contributed by atoms with Gasteiger partial charge in [0, 0.05) is 11.5 Å². The summed E-state index contributed by atoms with van der Waals surface area (Å²) in [5, 5.41) is 7.64. The number of hydrogen-bond acceptors (Lipinski definition) is 6. The van der Waals surface area contributed by atoms with Crippen LogP contribution in [0.4, 0.5) is 0 Å². The lowest BCUT2D eigenvalue weighted by Gasteiger charge is -2.30. The number of aromatic nitrogens is 2. The van der Waals surface area contributed by atoms with Gasteiger partial charge in [0.1, 0.15) is 12.4 Å². The second-order valence-electron chi connectivity index (χ2n) is 8.00. The molecular weight excluding hydrogens is 428 g/mol. The van der Waals surface area contributed by atoms with Crippen LogP contribution in [0.5, 0.6) is 5.75 Å². The molecule has 0 bridgehead atoms. The summed E-state index contributed by atoms with van der Waals surface area (Å²) in [6.07, 6.45) is 1.60. The lowest BCUT2D eigenvalue weighted by Crippen LogP contribution is -2.41. The number of para-hydroxylation sites is 1. The predicted octanol–water partition coefficient (Wildman–Crippen LogP) is 4.11. The van der Waals surface area contributed by atoms with Crippen LogP contribution in [0.15, 0.2) is 53.1 Å². The predicted molar refractivity (Wildman–Crippen MR) is 122 cm³/mol. The molecule has 1 aliphatic heterocycles. The number of hydrogen-bond donors (Lipinski definition) is 1. The first-order valence-electron chi connectivity index (χ1n) is 10.9. The van der Waals surface area contributed by atoms with Gasteiger partial charge < -0.3 is 14.6 Å². The molecule has 8 heteroatoms. The average Bonchev–Trinajstić information content (AvgIpc) is 3.27. The van der Waals surface area contributed by atoms with Crippen molar-refractivity contribution in [2.24, 2.45) is 5.92 Å². The quantitative estimate of drug-likeness (QED) is 0.516. The van der Waals surface area contributed by atoms with Crippen LogP contribution in [0.1, 0.15) is 24.3 Å². The summed E-state index contributed by atoms with van der Waals surface area (Å²) in [6, 6.07) is 15.4. The number of likely N-dealkylation sites (tertiary alicyclic amines) is 1. The van der Waals surface area contributed by atoms with Crippen molar-refractivity contribution in [2.75, 3.05) is 26.2 Å². The van der Waals surface area contributed by atoms with Gasteiger partial charge >= 0.3 is 0 Å². The van der Waals surface area contributed by atoms with E-state index in [2.05, 4.69) is 20.4 Å². The van der Waals surface area contributed by atoms with Gasteiger partial charge in [0.2, 0.25) is 17.6 Å². The van der Waals surface area contributed by atoms with Crippen LogP contribution >= 0.6 is 11.6 Å². The number of piperidine rings is 1. The largest absolute Gasteiger partial charge is 0.490 e. The number of carbonyl (C=O) groups excluding carboxylic acids is 1. The molecule has 168 valence electrons. The molecule has 4 rings (SSSR count). The molecule has 0 spiro atoms. The Bertz CT molecular complexity index is 1050. The second-order valence-corrected chi connectivity index (χ2v) is 8.41. The van der Waals surface area contributed by atoms with Crippen LogP contribution in [0.3, 0.4) is 0 Å². The topological polar surface area (TPSA) is 80.5 Å². The molecule has 1 amide bonds. The Labute approximate surface area is 192 Å². The Balaban J connectivity index is 1.18. The molecule has 2 aromatic carbocycles. The summed E-state index contributed by atoms with van der Waals surface area (Å²) >= 11 is 6.07. The van der Waals surface area contributed by atoms with Crippen molar-refractivity contribution in [2.45, 2.75) is 26.3 Å². The molecule has 1 N–H and O–H groups in total. The summed E-state index contributed by atoms with van der Waals surface area (Å²) < 4.78 is 11.1. The third kappa shape index (κ3) is 5.87. The van der Waals surface area contributed by atoms with Gasteiger partial charge in [-0.25, -0.2) is 0 Å². The number of rotatable bonds is 8. The fourth-order valence-corrected chi connectivity index (χ4v) is 4.00. The highest BCUT2D eigenvalue weighted by Gasteiger charge is 2.25. The van der Waals surface area contributed by atoms with Crippen molar-refractivity contribution < 1.29 is 14.1 Å². The zero-order chi connectivity index (χ0) is 22.3. The van der Waals surface area contributed by atoms with Crippen molar-refractivity contribution in [1.82, 2.24) is 20.4 Å². The van der Waals surface area contributed by atoms with Crippen molar-refractivity contribution >= 4 is 17.5 Å². The minimum absolute atomic E-state index is 0.0112. The first-order chi connectivity index (χ1) is 15.6. The molecule has 32 heavy (non-hydrogen) atoms. The van der Waals surface area contributed by atoms with E-state index in [1.54, 1.807) is 6.07 Å². The highest BCUT2D eigenvalue weighted by Crippen LogP contribution is 2.23. The average molecular weight is 455 g/mol. The third-order valence-corrected chi connectivity index (χ3v) is 5.87. The molecule has 0 unspecified atom stereocenters. The van der Waals surface area contributed by atoms with Crippen LogP contribution < -0.4 is 10.1 Å². The van der Waals surface area contributed by atoms with Crippen molar-refractivity contribution in [3.63, 3.8) is 0 Å². The van der Waals surface area contributed by atoms with E-state index in [1.807, 2.05) is 49.4 Å². The Kier molecular flexibility index (Phi) is 7.39. The van der Waals surface area contributed by atoms with Gasteiger partial charge in [0.05, 0.1) is 18.1 Å². The molecule has 0 saturated carbocycles. The summed E-state index contributed by atoms with van der Waals surface area (Å²) in [4.78, 5) is 19.3. The summed E-state index contributed by atoms with van der Waals surface area (Å²) in [7, 11) is 0. The van der Waals surface area contributed by atoms with Gasteiger partial charge in [-0.2, -0.15) is 4.98 Å². The van der Waals surface area contributed by atoms with E-state index < -0.39 is 0 Å². The number of aryl methyl sites for hydroxylation is 1. The molecule has 1 aliphatic rings. The molecule has 1 aromatic heterocycles. The number of nitrogens with zero attached hydrogens (tertiary/aromatic N) is 3. The molecule has 1 saturated heterocycles. The van der Waals surface area contributed by atoms with Crippen LogP contribution in [0.2, 0.25) is 5.02 Å². The Morgan fingerprint density at radius 3 is 2.81 bits per heavy atom. The fraction of sp³-hybridized carbons (Fsp3) is 0.375. The Hall–Kier alpha value is -2.90. The summed E-state index contributed by atoms with van der Waals surface area (Å²) in [6.45, 7) is 5.10.